The van der Waals surface area contributed by atoms with Crippen molar-refractivity contribution in [2.75, 3.05) is 0 Å². The summed E-state index contributed by atoms with van der Waals surface area (Å²) in [7, 11) is 0. The quantitative estimate of drug-likeness (QED) is 0.441. The van der Waals surface area contributed by atoms with Crippen LogP contribution >= 0.6 is 0 Å². The molecular weight excluding hydrogens is 460 g/mol. The maximum atomic E-state index is 15.8. The lowest BCUT2D eigenvalue weighted by Gasteiger charge is -2.54. The Morgan fingerprint density at radius 2 is 1.60 bits per heavy atom. The van der Waals surface area contributed by atoms with Crippen LogP contribution in [0.1, 0.15) is 71.9 Å². The van der Waals surface area contributed by atoms with Gasteiger partial charge in [0.1, 0.15) is 11.9 Å². The molecule has 35 heavy (non-hydrogen) atoms. The molecule has 3 aliphatic rings. The SMILES string of the molecule is Cc1c(-c2ccccc2C(F)(F)F)nnn1C12CCC(C(F)c3ccc(C(N)=O)cc3)(CC1)CC2. The summed E-state index contributed by atoms with van der Waals surface area (Å²) in [6, 6.07) is 11.8. The Bertz CT molecular complexity index is 1240. The molecule has 0 aliphatic heterocycles. The molecule has 5 nitrogen and oxygen atoms in total. The first-order valence-corrected chi connectivity index (χ1v) is 11.7. The van der Waals surface area contributed by atoms with Crippen molar-refractivity contribution >= 4 is 5.91 Å². The standard InChI is InChI=1S/C26H26F4N4O/c1-16-21(19-4-2-3-5-20(19)26(28,29)30)32-33-34(16)25-13-10-24(11-14-25,12-15-25)22(27)17-6-8-18(9-7-17)23(31)35/h2-9,22H,10-15H2,1H3,(H2,31,35). The van der Waals surface area contributed by atoms with Gasteiger partial charge < -0.3 is 5.73 Å². The molecule has 1 unspecified atom stereocenters. The van der Waals surface area contributed by atoms with Crippen LogP contribution in [0.4, 0.5) is 17.6 Å². The van der Waals surface area contributed by atoms with Crippen LogP contribution in [-0.2, 0) is 11.7 Å². The van der Waals surface area contributed by atoms with Crippen molar-refractivity contribution in [3.8, 4) is 11.3 Å². The Morgan fingerprint density at radius 3 is 2.17 bits per heavy atom. The third-order valence-corrected chi connectivity index (χ3v) is 8.12. The molecule has 0 saturated heterocycles. The predicted molar refractivity (Wildman–Crippen MR) is 122 cm³/mol. The molecule has 1 aromatic heterocycles. The molecule has 1 atom stereocenters. The molecule has 3 aromatic rings. The monoisotopic (exact) mass is 486 g/mol. The first-order chi connectivity index (χ1) is 16.6. The van der Waals surface area contributed by atoms with Crippen molar-refractivity contribution in [1.29, 1.82) is 0 Å². The van der Waals surface area contributed by atoms with Crippen LogP contribution in [0, 0.1) is 12.3 Å². The third-order valence-electron chi connectivity index (χ3n) is 8.12. The lowest BCUT2D eigenvalue weighted by molar-refractivity contribution is -0.137. The van der Waals surface area contributed by atoms with Crippen molar-refractivity contribution in [2.45, 2.75) is 63.3 Å². The highest BCUT2D eigenvalue weighted by atomic mass is 19.4. The Kier molecular flexibility index (Phi) is 5.49. The Morgan fingerprint density at radius 1 is 1.00 bits per heavy atom. The Labute approximate surface area is 200 Å². The molecule has 3 aliphatic carbocycles. The molecule has 2 aromatic carbocycles. The van der Waals surface area contributed by atoms with Crippen LogP contribution in [-0.4, -0.2) is 20.9 Å². The number of hydrogen-bond donors (Lipinski definition) is 1. The van der Waals surface area contributed by atoms with Gasteiger partial charge in [0.15, 0.2) is 0 Å². The summed E-state index contributed by atoms with van der Waals surface area (Å²) in [4.78, 5) is 11.3. The lowest BCUT2D eigenvalue weighted by atomic mass is 9.55. The first-order valence-electron chi connectivity index (χ1n) is 11.7. The summed E-state index contributed by atoms with van der Waals surface area (Å²) in [6.07, 6.45) is -1.72. The van der Waals surface area contributed by atoms with E-state index in [0.717, 1.165) is 6.07 Å². The molecule has 0 radical (unpaired) electrons. The number of primary amides is 1. The number of alkyl halides is 4. The largest absolute Gasteiger partial charge is 0.417 e. The third kappa shape index (κ3) is 3.81. The van der Waals surface area contributed by atoms with Gasteiger partial charge in [0.05, 0.1) is 16.8 Å². The van der Waals surface area contributed by atoms with Crippen molar-refractivity contribution < 1.29 is 22.4 Å². The number of fused-ring (bicyclic) bond motifs is 3. The van der Waals surface area contributed by atoms with Crippen LogP contribution in [0.2, 0.25) is 0 Å². The summed E-state index contributed by atoms with van der Waals surface area (Å²) in [5.41, 5.74) is 5.39. The number of carbonyl (C=O) groups excluding carboxylic acids is 1. The van der Waals surface area contributed by atoms with Crippen molar-refractivity contribution in [2.24, 2.45) is 11.1 Å². The fourth-order valence-electron chi connectivity index (χ4n) is 6.03. The fraction of sp³-hybridized carbons (Fsp3) is 0.423. The molecule has 1 heterocycles. The smallest absolute Gasteiger partial charge is 0.366 e. The van der Waals surface area contributed by atoms with Crippen LogP contribution in [0.25, 0.3) is 11.3 Å². The van der Waals surface area contributed by atoms with Crippen molar-refractivity contribution in [3.63, 3.8) is 0 Å². The average molecular weight is 487 g/mol. The molecule has 184 valence electrons. The fourth-order valence-corrected chi connectivity index (χ4v) is 6.03. The lowest BCUT2D eigenvalue weighted by Crippen LogP contribution is -2.50. The zero-order valence-electron chi connectivity index (χ0n) is 19.3. The zero-order valence-corrected chi connectivity index (χ0v) is 19.3. The van der Waals surface area contributed by atoms with E-state index in [-0.39, 0.29) is 16.8 Å². The van der Waals surface area contributed by atoms with Gasteiger partial charge in [-0.3, -0.25) is 4.79 Å². The summed E-state index contributed by atoms with van der Waals surface area (Å²) in [6.45, 7) is 1.76. The van der Waals surface area contributed by atoms with E-state index in [0.29, 0.717) is 55.3 Å². The zero-order chi connectivity index (χ0) is 25.0. The molecule has 0 spiro atoms. The molecule has 6 rings (SSSR count). The number of amides is 1. The van der Waals surface area contributed by atoms with Gasteiger partial charge in [-0.25, -0.2) is 9.07 Å². The topological polar surface area (TPSA) is 73.8 Å². The summed E-state index contributed by atoms with van der Waals surface area (Å²) in [5.74, 6) is -0.550. The van der Waals surface area contributed by atoms with Gasteiger partial charge in [0.25, 0.3) is 0 Å². The number of aromatic nitrogens is 3. The second-order valence-electron chi connectivity index (χ2n) is 9.91. The van der Waals surface area contributed by atoms with E-state index in [4.69, 9.17) is 5.73 Å². The predicted octanol–water partition coefficient (Wildman–Crippen LogP) is 6.13. The van der Waals surface area contributed by atoms with Gasteiger partial charge in [0.2, 0.25) is 5.91 Å². The van der Waals surface area contributed by atoms with Crippen LogP contribution in [0.3, 0.4) is 0 Å². The number of benzene rings is 2. The summed E-state index contributed by atoms with van der Waals surface area (Å²) >= 11 is 0. The number of nitrogens with two attached hydrogens (primary N) is 1. The minimum Gasteiger partial charge on any atom is -0.366 e. The molecular formula is C26H26F4N4O. The molecule has 3 fully saturated rings. The number of carbonyl (C=O) groups is 1. The normalized spacial score (nSPS) is 24.9. The van der Waals surface area contributed by atoms with Gasteiger partial charge in [0, 0.05) is 16.5 Å². The van der Waals surface area contributed by atoms with Crippen LogP contribution < -0.4 is 5.73 Å². The van der Waals surface area contributed by atoms with E-state index in [1.165, 1.54) is 12.1 Å². The summed E-state index contributed by atoms with van der Waals surface area (Å²) < 4.78 is 58.3. The first kappa shape index (κ1) is 23.5. The maximum Gasteiger partial charge on any atom is 0.417 e. The molecule has 1 amide bonds. The van der Waals surface area contributed by atoms with E-state index < -0.39 is 29.2 Å². The number of rotatable bonds is 5. The highest BCUT2D eigenvalue weighted by molar-refractivity contribution is 5.92. The van der Waals surface area contributed by atoms with Gasteiger partial charge in [-0.05, 0) is 69.2 Å². The Hall–Kier alpha value is -3.23. The Balaban J connectivity index is 1.40. The van der Waals surface area contributed by atoms with E-state index in [1.807, 2.05) is 0 Å². The van der Waals surface area contributed by atoms with Crippen molar-refractivity contribution in [1.82, 2.24) is 15.0 Å². The van der Waals surface area contributed by atoms with E-state index in [9.17, 15) is 18.0 Å². The highest BCUT2D eigenvalue weighted by Crippen LogP contribution is 2.61. The van der Waals surface area contributed by atoms with Crippen LogP contribution in [0.5, 0.6) is 0 Å². The molecule has 2 bridgehead atoms. The minimum atomic E-state index is -4.49. The van der Waals surface area contributed by atoms with Crippen LogP contribution in [0.15, 0.2) is 48.5 Å². The highest BCUT2D eigenvalue weighted by Gasteiger charge is 2.54. The molecule has 9 heteroatoms. The minimum absolute atomic E-state index is 0.0179. The second-order valence-corrected chi connectivity index (χ2v) is 9.91. The van der Waals surface area contributed by atoms with Gasteiger partial charge in [-0.15, -0.1) is 5.10 Å². The number of nitrogens with zero attached hydrogens (tertiary/aromatic N) is 3. The summed E-state index contributed by atoms with van der Waals surface area (Å²) in [5, 5.41) is 8.49. The van der Waals surface area contributed by atoms with Gasteiger partial charge >= 0.3 is 6.18 Å². The van der Waals surface area contributed by atoms with Gasteiger partial charge in [-0.1, -0.05) is 35.5 Å². The molecule has 3 saturated carbocycles. The van der Waals surface area contributed by atoms with E-state index in [2.05, 4.69) is 10.3 Å². The molecule has 2 N–H and O–H groups in total. The van der Waals surface area contributed by atoms with Crippen molar-refractivity contribution in [3.05, 3.63) is 70.9 Å². The number of halogens is 4. The second kappa shape index (κ2) is 8.17. The van der Waals surface area contributed by atoms with Gasteiger partial charge in [-0.2, -0.15) is 13.2 Å². The average Bonchev–Trinajstić information content (AvgIpc) is 3.26. The number of hydrogen-bond acceptors (Lipinski definition) is 3. The van der Waals surface area contributed by atoms with E-state index >= 15 is 4.39 Å². The van der Waals surface area contributed by atoms with E-state index in [1.54, 1.807) is 41.9 Å². The maximum absolute atomic E-state index is 15.8.